The van der Waals surface area contributed by atoms with Crippen LogP contribution in [0.4, 0.5) is 4.39 Å². The van der Waals surface area contributed by atoms with Crippen LogP contribution in [-0.4, -0.2) is 6.61 Å². The van der Waals surface area contributed by atoms with Gasteiger partial charge in [0.05, 0.1) is 29.5 Å². The number of hydrogen-bond acceptors (Lipinski definition) is 4. The molecule has 148 valence electrons. The molecule has 0 atom stereocenters. The van der Waals surface area contributed by atoms with E-state index < -0.39 is 5.82 Å². The van der Waals surface area contributed by atoms with Crippen molar-refractivity contribution >= 4 is 23.2 Å². The van der Waals surface area contributed by atoms with Gasteiger partial charge in [-0.05, 0) is 48.9 Å². The molecule has 28 heavy (non-hydrogen) atoms. The third-order valence-corrected chi connectivity index (χ3v) is 4.60. The fourth-order valence-corrected chi connectivity index (χ4v) is 3.17. The van der Waals surface area contributed by atoms with Crippen LogP contribution in [0, 0.1) is 5.82 Å². The van der Waals surface area contributed by atoms with E-state index in [2.05, 4.69) is 5.32 Å². The summed E-state index contributed by atoms with van der Waals surface area (Å²) in [6.07, 6.45) is 1.64. The van der Waals surface area contributed by atoms with E-state index in [4.69, 9.17) is 37.1 Å². The monoisotopic (exact) mass is 423 g/mol. The fourth-order valence-electron chi connectivity index (χ4n) is 2.66. The lowest BCUT2D eigenvalue weighted by Crippen LogP contribution is -2.12. The fraction of sp³-hybridized carbons (Fsp3) is 0.238. The molecule has 7 heteroatoms. The molecule has 2 aromatic carbocycles. The largest absolute Gasteiger partial charge is 0.490 e. The summed E-state index contributed by atoms with van der Waals surface area (Å²) in [5.74, 6) is 1.43. The summed E-state index contributed by atoms with van der Waals surface area (Å²) in [6.45, 7) is 3.69. The summed E-state index contributed by atoms with van der Waals surface area (Å²) in [5.41, 5.74) is 1.61. The standard InChI is InChI=1S/C21H20Cl2FNO3/c1-2-26-20-9-14(11-25-12-17-4-3-7-27-17)8-19(23)21(20)28-13-15-5-6-16(24)10-18(15)22/h3-10,25H,2,11-13H2,1H3. The van der Waals surface area contributed by atoms with E-state index in [9.17, 15) is 4.39 Å². The minimum atomic E-state index is -0.395. The summed E-state index contributed by atoms with van der Waals surface area (Å²) in [5, 5.41) is 4.02. The molecule has 3 rings (SSSR count). The molecule has 0 saturated heterocycles. The summed E-state index contributed by atoms with van der Waals surface area (Å²) >= 11 is 12.5. The molecule has 1 aromatic heterocycles. The van der Waals surface area contributed by atoms with Crippen molar-refractivity contribution < 1.29 is 18.3 Å². The summed E-state index contributed by atoms with van der Waals surface area (Å²) in [6, 6.07) is 11.6. The highest BCUT2D eigenvalue weighted by molar-refractivity contribution is 6.32. The van der Waals surface area contributed by atoms with Gasteiger partial charge >= 0.3 is 0 Å². The first kappa shape index (κ1) is 20.5. The second-order valence-corrected chi connectivity index (χ2v) is 6.86. The van der Waals surface area contributed by atoms with E-state index in [0.29, 0.717) is 46.8 Å². The van der Waals surface area contributed by atoms with Crippen LogP contribution in [0.5, 0.6) is 11.5 Å². The molecule has 0 unspecified atom stereocenters. The Bertz CT molecular complexity index is 916. The predicted octanol–water partition coefficient (Wildman–Crippen LogP) is 5.99. The zero-order chi connectivity index (χ0) is 19.9. The Morgan fingerprint density at radius 1 is 1.04 bits per heavy atom. The van der Waals surface area contributed by atoms with Crippen molar-refractivity contribution in [3.8, 4) is 11.5 Å². The SMILES string of the molecule is CCOc1cc(CNCc2ccco2)cc(Cl)c1OCc1ccc(F)cc1Cl. The zero-order valence-electron chi connectivity index (χ0n) is 15.3. The van der Waals surface area contributed by atoms with Crippen molar-refractivity contribution in [2.75, 3.05) is 6.61 Å². The molecule has 0 aliphatic rings. The summed E-state index contributed by atoms with van der Waals surface area (Å²) < 4.78 is 30.0. The van der Waals surface area contributed by atoms with Crippen LogP contribution in [0.25, 0.3) is 0 Å². The van der Waals surface area contributed by atoms with Crippen LogP contribution in [-0.2, 0) is 19.7 Å². The Kier molecular flexibility index (Phi) is 7.20. The van der Waals surface area contributed by atoms with Crippen LogP contribution in [0.2, 0.25) is 10.0 Å². The maximum absolute atomic E-state index is 13.2. The highest BCUT2D eigenvalue weighted by atomic mass is 35.5. The van der Waals surface area contributed by atoms with Crippen molar-refractivity contribution in [1.82, 2.24) is 5.32 Å². The van der Waals surface area contributed by atoms with Crippen molar-refractivity contribution in [2.24, 2.45) is 0 Å². The molecule has 0 spiro atoms. The van der Waals surface area contributed by atoms with Gasteiger partial charge in [-0.1, -0.05) is 29.3 Å². The van der Waals surface area contributed by atoms with Crippen LogP contribution >= 0.6 is 23.2 Å². The van der Waals surface area contributed by atoms with Gasteiger partial charge in [0.2, 0.25) is 0 Å². The van der Waals surface area contributed by atoms with Crippen LogP contribution in [0.1, 0.15) is 23.8 Å². The van der Waals surface area contributed by atoms with Gasteiger partial charge in [-0.2, -0.15) is 0 Å². The van der Waals surface area contributed by atoms with Gasteiger partial charge in [0, 0.05) is 12.1 Å². The van der Waals surface area contributed by atoms with Gasteiger partial charge in [-0.3, -0.25) is 0 Å². The maximum atomic E-state index is 13.2. The van der Waals surface area contributed by atoms with Gasteiger partial charge in [-0.15, -0.1) is 0 Å². The molecular weight excluding hydrogens is 404 g/mol. The number of hydrogen-bond donors (Lipinski definition) is 1. The minimum Gasteiger partial charge on any atom is -0.490 e. The third-order valence-electron chi connectivity index (χ3n) is 3.96. The lowest BCUT2D eigenvalue weighted by atomic mass is 10.2. The van der Waals surface area contributed by atoms with E-state index in [1.54, 1.807) is 12.3 Å². The Morgan fingerprint density at radius 3 is 2.61 bits per heavy atom. The van der Waals surface area contributed by atoms with Gasteiger partial charge in [0.25, 0.3) is 0 Å². The van der Waals surface area contributed by atoms with E-state index in [1.807, 2.05) is 31.2 Å². The maximum Gasteiger partial charge on any atom is 0.180 e. The van der Waals surface area contributed by atoms with Gasteiger partial charge in [-0.25, -0.2) is 4.39 Å². The summed E-state index contributed by atoms with van der Waals surface area (Å²) in [7, 11) is 0. The highest BCUT2D eigenvalue weighted by Crippen LogP contribution is 2.37. The van der Waals surface area contributed by atoms with Crippen molar-refractivity contribution in [3.63, 3.8) is 0 Å². The molecule has 0 aliphatic carbocycles. The number of furan rings is 1. The van der Waals surface area contributed by atoms with Crippen molar-refractivity contribution in [2.45, 2.75) is 26.6 Å². The smallest absolute Gasteiger partial charge is 0.180 e. The van der Waals surface area contributed by atoms with Crippen LogP contribution in [0.3, 0.4) is 0 Å². The molecule has 3 aromatic rings. The normalized spacial score (nSPS) is 10.9. The predicted molar refractivity (Wildman–Crippen MR) is 108 cm³/mol. The van der Waals surface area contributed by atoms with Gasteiger partial charge < -0.3 is 19.2 Å². The van der Waals surface area contributed by atoms with Gasteiger partial charge in [0.15, 0.2) is 11.5 Å². The topological polar surface area (TPSA) is 43.6 Å². The average Bonchev–Trinajstić information content (AvgIpc) is 3.16. The number of nitrogens with one attached hydrogen (secondary N) is 1. The summed E-state index contributed by atoms with van der Waals surface area (Å²) in [4.78, 5) is 0. The zero-order valence-corrected chi connectivity index (χ0v) is 16.8. The Labute approximate surface area is 173 Å². The Morgan fingerprint density at radius 2 is 1.89 bits per heavy atom. The van der Waals surface area contributed by atoms with E-state index in [-0.39, 0.29) is 6.61 Å². The Balaban J connectivity index is 1.70. The number of benzene rings is 2. The molecule has 0 saturated carbocycles. The molecule has 0 bridgehead atoms. The van der Waals surface area contributed by atoms with Gasteiger partial charge in [0.1, 0.15) is 18.2 Å². The molecule has 0 fully saturated rings. The average molecular weight is 424 g/mol. The van der Waals surface area contributed by atoms with Crippen molar-refractivity contribution in [3.05, 3.63) is 81.5 Å². The van der Waals surface area contributed by atoms with E-state index in [0.717, 1.165) is 11.3 Å². The molecule has 1 heterocycles. The second kappa shape index (κ2) is 9.82. The third kappa shape index (κ3) is 5.41. The Hall–Kier alpha value is -2.21. The van der Waals surface area contributed by atoms with Crippen molar-refractivity contribution in [1.29, 1.82) is 0 Å². The first-order valence-corrected chi connectivity index (χ1v) is 9.57. The lowest BCUT2D eigenvalue weighted by molar-refractivity contribution is 0.269. The number of rotatable bonds is 9. The first-order valence-electron chi connectivity index (χ1n) is 8.82. The molecule has 4 nitrogen and oxygen atoms in total. The quantitative estimate of drug-likeness (QED) is 0.458. The van der Waals surface area contributed by atoms with Crippen LogP contribution < -0.4 is 14.8 Å². The molecular formula is C21H20Cl2FNO3. The molecule has 1 N–H and O–H groups in total. The second-order valence-electron chi connectivity index (χ2n) is 6.05. The van der Waals surface area contributed by atoms with E-state index in [1.165, 1.54) is 12.1 Å². The number of halogens is 3. The molecule has 0 amide bonds. The number of ether oxygens (including phenoxy) is 2. The lowest BCUT2D eigenvalue weighted by Gasteiger charge is -2.16. The minimum absolute atomic E-state index is 0.148. The molecule has 0 aliphatic heterocycles. The molecule has 0 radical (unpaired) electrons. The van der Waals surface area contributed by atoms with Crippen LogP contribution in [0.15, 0.2) is 53.1 Å². The highest BCUT2D eigenvalue weighted by Gasteiger charge is 2.14. The first-order chi connectivity index (χ1) is 13.6. The van der Waals surface area contributed by atoms with E-state index >= 15 is 0 Å².